The Labute approximate surface area is 129 Å². The van der Waals surface area contributed by atoms with Crippen LogP contribution in [0.3, 0.4) is 0 Å². The van der Waals surface area contributed by atoms with E-state index >= 15 is 0 Å². The summed E-state index contributed by atoms with van der Waals surface area (Å²) in [5.74, 6) is 0. The molecule has 1 fully saturated rings. The second kappa shape index (κ2) is 5.55. The minimum Gasteiger partial charge on any atom is -0.337 e. The van der Waals surface area contributed by atoms with Gasteiger partial charge in [0.15, 0.2) is 0 Å². The van der Waals surface area contributed by atoms with E-state index in [4.69, 9.17) is 0 Å². The number of sulfonamides is 1. The van der Waals surface area contributed by atoms with Gasteiger partial charge in [0.05, 0.1) is 6.33 Å². The Morgan fingerprint density at radius 3 is 2.81 bits per heavy atom. The summed E-state index contributed by atoms with van der Waals surface area (Å²) in [6, 6.07) is 3.58. The minimum atomic E-state index is -3.38. The molecule has 0 radical (unpaired) electrons. The third-order valence-corrected chi connectivity index (χ3v) is 7.04. The highest BCUT2D eigenvalue weighted by molar-refractivity contribution is 7.91. The topological polar surface area (TPSA) is 64.0 Å². The number of nitrogens with one attached hydrogen (secondary N) is 1. The molecule has 0 atom stereocenters. The van der Waals surface area contributed by atoms with Crippen LogP contribution in [0, 0.1) is 5.41 Å². The number of rotatable bonds is 7. The molecule has 1 aliphatic carbocycles. The Kier molecular flexibility index (Phi) is 3.90. The zero-order chi connectivity index (χ0) is 14.9. The summed E-state index contributed by atoms with van der Waals surface area (Å²) in [6.07, 6.45) is 8.42. The number of nitrogens with zero attached hydrogens (tertiary/aromatic N) is 2. The van der Waals surface area contributed by atoms with E-state index in [1.54, 1.807) is 18.6 Å². The van der Waals surface area contributed by atoms with Gasteiger partial charge in [-0.3, -0.25) is 0 Å². The van der Waals surface area contributed by atoms with Crippen molar-refractivity contribution in [3.05, 3.63) is 35.7 Å². The molecule has 1 saturated carbocycles. The number of hydrogen-bond acceptors (Lipinski definition) is 4. The highest BCUT2D eigenvalue weighted by atomic mass is 32.2. The molecular weight excluding hydrogens is 306 g/mol. The quantitative estimate of drug-likeness (QED) is 0.849. The van der Waals surface area contributed by atoms with Crippen LogP contribution in [0.2, 0.25) is 0 Å². The Morgan fingerprint density at radius 1 is 1.43 bits per heavy atom. The largest absolute Gasteiger partial charge is 0.337 e. The molecular formula is C14H19N3O2S2. The van der Waals surface area contributed by atoms with Crippen LogP contribution in [-0.4, -0.2) is 24.5 Å². The standard InChI is InChI=1S/C14H19N3O2S2/c1-2-12-3-4-13(20-12)21(18,19)16-9-14(5-6-14)10-17-8-7-15-11-17/h3-4,7-8,11,16H,2,5-6,9-10H2,1H3. The zero-order valence-corrected chi connectivity index (χ0v) is 13.6. The molecule has 0 aliphatic heterocycles. The molecule has 2 heterocycles. The van der Waals surface area contributed by atoms with Crippen LogP contribution in [-0.2, 0) is 23.0 Å². The third kappa shape index (κ3) is 3.36. The maximum atomic E-state index is 12.3. The Morgan fingerprint density at radius 2 is 2.24 bits per heavy atom. The van der Waals surface area contributed by atoms with Gasteiger partial charge in [-0.25, -0.2) is 18.1 Å². The normalized spacial score (nSPS) is 17.0. The SMILES string of the molecule is CCc1ccc(S(=O)(=O)NCC2(Cn3ccnc3)CC2)s1. The summed E-state index contributed by atoms with van der Waals surface area (Å²) >= 11 is 1.35. The van der Waals surface area contributed by atoms with Crippen molar-refractivity contribution < 1.29 is 8.42 Å². The average molecular weight is 325 g/mol. The Hall–Kier alpha value is -1.18. The third-order valence-electron chi connectivity index (χ3n) is 3.92. The molecule has 0 amide bonds. The van der Waals surface area contributed by atoms with Gasteiger partial charge in [-0.1, -0.05) is 6.92 Å². The lowest BCUT2D eigenvalue weighted by molar-refractivity contribution is 0.416. The summed E-state index contributed by atoms with van der Waals surface area (Å²) < 4.78 is 29.8. The fourth-order valence-corrected chi connectivity index (χ4v) is 4.84. The van der Waals surface area contributed by atoms with Gasteiger partial charge in [0.25, 0.3) is 0 Å². The Balaban J connectivity index is 1.64. The lowest BCUT2D eigenvalue weighted by atomic mass is 10.1. The van der Waals surface area contributed by atoms with Crippen molar-refractivity contribution in [3.8, 4) is 0 Å². The lowest BCUT2D eigenvalue weighted by Gasteiger charge is -2.16. The minimum absolute atomic E-state index is 0.0542. The predicted molar refractivity (Wildman–Crippen MR) is 82.8 cm³/mol. The number of thiophene rings is 1. The van der Waals surface area contributed by atoms with Crippen LogP contribution >= 0.6 is 11.3 Å². The Bertz CT molecular complexity index is 700. The second-order valence-electron chi connectivity index (χ2n) is 5.63. The summed E-state index contributed by atoms with van der Waals surface area (Å²) in [5.41, 5.74) is 0.0542. The van der Waals surface area contributed by atoms with Gasteiger partial charge in [-0.05, 0) is 31.4 Å². The van der Waals surface area contributed by atoms with Crippen LogP contribution < -0.4 is 4.72 Å². The van der Waals surface area contributed by atoms with E-state index < -0.39 is 10.0 Å². The van der Waals surface area contributed by atoms with Gasteiger partial charge in [0.2, 0.25) is 10.0 Å². The van der Waals surface area contributed by atoms with Crippen molar-refractivity contribution in [2.45, 2.75) is 36.9 Å². The smallest absolute Gasteiger partial charge is 0.250 e. The lowest BCUT2D eigenvalue weighted by Crippen LogP contribution is -2.31. The highest BCUT2D eigenvalue weighted by Crippen LogP contribution is 2.46. The van der Waals surface area contributed by atoms with Crippen LogP contribution in [0.5, 0.6) is 0 Å². The van der Waals surface area contributed by atoms with Crippen molar-refractivity contribution in [1.82, 2.24) is 14.3 Å². The number of imidazole rings is 1. The van der Waals surface area contributed by atoms with E-state index in [1.807, 2.05) is 23.8 Å². The summed E-state index contributed by atoms with van der Waals surface area (Å²) in [4.78, 5) is 5.12. The van der Waals surface area contributed by atoms with E-state index in [9.17, 15) is 8.42 Å². The summed E-state index contributed by atoms with van der Waals surface area (Å²) in [5, 5.41) is 0. The number of hydrogen-bond donors (Lipinski definition) is 1. The summed E-state index contributed by atoms with van der Waals surface area (Å²) in [7, 11) is -3.38. The average Bonchev–Trinajstić information content (AvgIpc) is 2.89. The molecule has 0 aromatic carbocycles. The molecule has 0 saturated heterocycles. The first-order valence-corrected chi connectivity index (χ1v) is 9.37. The molecule has 2 aromatic heterocycles. The van der Waals surface area contributed by atoms with E-state index in [-0.39, 0.29) is 5.41 Å². The molecule has 1 N–H and O–H groups in total. The van der Waals surface area contributed by atoms with Crippen molar-refractivity contribution in [1.29, 1.82) is 0 Å². The molecule has 7 heteroatoms. The van der Waals surface area contributed by atoms with Crippen molar-refractivity contribution >= 4 is 21.4 Å². The van der Waals surface area contributed by atoms with Crippen molar-refractivity contribution in [2.24, 2.45) is 5.41 Å². The number of aryl methyl sites for hydroxylation is 1. The number of aromatic nitrogens is 2. The van der Waals surface area contributed by atoms with Gasteiger partial charge in [-0.2, -0.15) is 0 Å². The summed E-state index contributed by atoms with van der Waals surface area (Å²) in [6.45, 7) is 3.34. The maximum Gasteiger partial charge on any atom is 0.250 e. The van der Waals surface area contributed by atoms with Gasteiger partial charge >= 0.3 is 0 Å². The van der Waals surface area contributed by atoms with Crippen LogP contribution in [0.4, 0.5) is 0 Å². The second-order valence-corrected chi connectivity index (χ2v) is 8.80. The van der Waals surface area contributed by atoms with Crippen LogP contribution in [0.1, 0.15) is 24.6 Å². The molecule has 2 aromatic rings. The van der Waals surface area contributed by atoms with Gasteiger partial charge < -0.3 is 4.57 Å². The predicted octanol–water partition coefficient (Wildman–Crippen LogP) is 2.27. The van der Waals surface area contributed by atoms with E-state index in [1.165, 1.54) is 11.3 Å². The molecule has 1 aliphatic rings. The van der Waals surface area contributed by atoms with E-state index in [2.05, 4.69) is 9.71 Å². The molecule has 21 heavy (non-hydrogen) atoms. The molecule has 0 bridgehead atoms. The van der Waals surface area contributed by atoms with Crippen molar-refractivity contribution in [3.63, 3.8) is 0 Å². The van der Waals surface area contributed by atoms with Gasteiger partial charge in [0.1, 0.15) is 4.21 Å². The monoisotopic (exact) mass is 325 g/mol. The van der Waals surface area contributed by atoms with E-state index in [0.29, 0.717) is 10.8 Å². The van der Waals surface area contributed by atoms with Gasteiger partial charge in [0, 0.05) is 35.8 Å². The fourth-order valence-electron chi connectivity index (χ4n) is 2.35. The van der Waals surface area contributed by atoms with Crippen LogP contribution in [0.25, 0.3) is 0 Å². The van der Waals surface area contributed by atoms with E-state index in [0.717, 1.165) is 30.7 Å². The fraction of sp³-hybridized carbons (Fsp3) is 0.500. The first kappa shape index (κ1) is 14.7. The molecule has 0 unspecified atom stereocenters. The maximum absolute atomic E-state index is 12.3. The molecule has 3 rings (SSSR count). The van der Waals surface area contributed by atoms with Crippen LogP contribution in [0.15, 0.2) is 35.1 Å². The first-order chi connectivity index (χ1) is 10.0. The van der Waals surface area contributed by atoms with Crippen molar-refractivity contribution in [2.75, 3.05) is 6.54 Å². The molecule has 0 spiro atoms. The zero-order valence-electron chi connectivity index (χ0n) is 11.9. The highest BCUT2D eigenvalue weighted by Gasteiger charge is 2.43. The molecule has 114 valence electrons. The first-order valence-electron chi connectivity index (χ1n) is 7.07. The van der Waals surface area contributed by atoms with Gasteiger partial charge in [-0.15, -0.1) is 11.3 Å². The molecule has 5 nitrogen and oxygen atoms in total.